The summed E-state index contributed by atoms with van der Waals surface area (Å²) in [6.07, 6.45) is 0. The highest BCUT2D eigenvalue weighted by atomic mass is 15.0. The van der Waals surface area contributed by atoms with Gasteiger partial charge in [0.05, 0.1) is 57.6 Å². The Hall–Kier alpha value is -7.39. The highest BCUT2D eigenvalue weighted by molar-refractivity contribution is 6.13. The second-order valence-corrected chi connectivity index (χ2v) is 12.3. The molecule has 0 bridgehead atoms. The van der Waals surface area contributed by atoms with Crippen LogP contribution in [0, 0.1) is 29.2 Å². The molecule has 2 heterocycles. The fraction of sp³-hybridized carbons (Fsp3) is 0. The van der Waals surface area contributed by atoms with Crippen molar-refractivity contribution in [1.29, 1.82) is 10.5 Å². The predicted molar refractivity (Wildman–Crippen MR) is 202 cm³/mol. The predicted octanol–water partition coefficient (Wildman–Crippen LogP) is 11.5. The number of benzene rings is 7. The number of para-hydroxylation sites is 4. The van der Waals surface area contributed by atoms with E-state index in [2.05, 4.69) is 98.9 Å². The summed E-state index contributed by atoms with van der Waals surface area (Å²) >= 11 is 0. The average Bonchev–Trinajstić information content (AvgIpc) is 3.70. The van der Waals surface area contributed by atoms with Crippen molar-refractivity contribution in [2.24, 2.45) is 0 Å². The first kappa shape index (κ1) is 28.8. The molecule has 0 saturated heterocycles. The number of hydrogen-bond acceptors (Lipinski definition) is 2. The lowest BCUT2D eigenvalue weighted by molar-refractivity contribution is 1.18. The van der Waals surface area contributed by atoms with Crippen molar-refractivity contribution in [2.45, 2.75) is 0 Å². The molecule has 2 aromatic heterocycles. The van der Waals surface area contributed by atoms with E-state index in [4.69, 9.17) is 6.57 Å². The Balaban J connectivity index is 1.20. The Morgan fingerprint density at radius 2 is 1.16 bits per heavy atom. The van der Waals surface area contributed by atoms with Gasteiger partial charge in [0.15, 0.2) is 0 Å². The minimum Gasteiger partial charge on any atom is -0.319 e. The maximum atomic E-state index is 10.2. The van der Waals surface area contributed by atoms with Gasteiger partial charge in [-0.2, -0.15) is 10.5 Å². The van der Waals surface area contributed by atoms with Crippen LogP contribution in [0.1, 0.15) is 11.1 Å². The Labute approximate surface area is 288 Å². The van der Waals surface area contributed by atoms with Crippen molar-refractivity contribution < 1.29 is 0 Å². The number of fused-ring (bicyclic) bond motifs is 6. The number of hydrogen-bond donors (Lipinski definition) is 0. The summed E-state index contributed by atoms with van der Waals surface area (Å²) in [5.74, 6) is 0. The maximum Gasteiger partial charge on any atom is 0.211 e. The summed E-state index contributed by atoms with van der Waals surface area (Å²) in [5, 5.41) is 24.1. The van der Waals surface area contributed by atoms with Crippen LogP contribution >= 0.6 is 0 Å². The summed E-state index contributed by atoms with van der Waals surface area (Å²) in [6.45, 7) is 7.87. The summed E-state index contributed by atoms with van der Waals surface area (Å²) in [5.41, 5.74) is 11.6. The van der Waals surface area contributed by atoms with Gasteiger partial charge in [-0.15, -0.1) is 0 Å². The van der Waals surface area contributed by atoms with Crippen LogP contribution in [0.15, 0.2) is 152 Å². The monoisotopic (exact) mass is 635 g/mol. The number of nitriles is 2. The average molecular weight is 636 g/mol. The van der Waals surface area contributed by atoms with Crippen molar-refractivity contribution in [1.82, 2.24) is 9.13 Å². The molecule has 230 valence electrons. The van der Waals surface area contributed by atoms with Gasteiger partial charge in [0.2, 0.25) is 5.69 Å². The zero-order chi connectivity index (χ0) is 33.8. The third-order valence-corrected chi connectivity index (χ3v) is 9.63. The van der Waals surface area contributed by atoms with Crippen LogP contribution in [0.3, 0.4) is 0 Å². The molecule has 0 aliphatic heterocycles. The van der Waals surface area contributed by atoms with Gasteiger partial charge in [-0.25, -0.2) is 4.85 Å². The Kier molecular flexibility index (Phi) is 6.56. The van der Waals surface area contributed by atoms with Crippen molar-refractivity contribution >= 4 is 49.3 Å². The van der Waals surface area contributed by atoms with Crippen molar-refractivity contribution in [2.75, 3.05) is 0 Å². The standard InChI is InChI=1S/C45H25N5/c1-48-40-13-8-12-37-35-10-3-6-15-42(35)49(45(37)40)33-22-20-30(21-23-33)38-26-31(18-19-32(38)28-47)34-9-2-5-14-41(34)50-43-16-7-4-11-36(43)39-25-29(27-46)17-24-44(39)50/h2-26H. The topological polar surface area (TPSA) is 61.8 Å². The van der Waals surface area contributed by atoms with Gasteiger partial charge in [-0.3, -0.25) is 0 Å². The van der Waals surface area contributed by atoms with Crippen molar-refractivity contribution in [3.8, 4) is 45.8 Å². The van der Waals surface area contributed by atoms with Crippen LogP contribution in [0.2, 0.25) is 0 Å². The molecule has 9 aromatic rings. The third kappa shape index (κ3) is 4.31. The Bertz CT molecular complexity index is 2960. The smallest absolute Gasteiger partial charge is 0.211 e. The zero-order valence-electron chi connectivity index (χ0n) is 26.7. The molecule has 0 saturated carbocycles. The lowest BCUT2D eigenvalue weighted by Gasteiger charge is -2.16. The molecule has 0 N–H and O–H groups in total. The summed E-state index contributed by atoms with van der Waals surface area (Å²) in [4.78, 5) is 3.85. The van der Waals surface area contributed by atoms with E-state index in [9.17, 15) is 10.5 Å². The summed E-state index contributed by atoms with van der Waals surface area (Å²) in [7, 11) is 0. The maximum absolute atomic E-state index is 10.2. The number of nitrogens with zero attached hydrogens (tertiary/aromatic N) is 5. The fourth-order valence-electron chi connectivity index (χ4n) is 7.41. The van der Waals surface area contributed by atoms with Gasteiger partial charge < -0.3 is 9.13 Å². The lowest BCUT2D eigenvalue weighted by Crippen LogP contribution is -1.98. The minimum atomic E-state index is 0.590. The van der Waals surface area contributed by atoms with Gasteiger partial charge in [-0.05, 0) is 77.2 Å². The first-order valence-corrected chi connectivity index (χ1v) is 16.3. The van der Waals surface area contributed by atoms with Gasteiger partial charge in [0.25, 0.3) is 0 Å². The van der Waals surface area contributed by atoms with Crippen LogP contribution < -0.4 is 0 Å². The van der Waals surface area contributed by atoms with Crippen LogP contribution in [0.5, 0.6) is 0 Å². The normalized spacial score (nSPS) is 11.1. The second-order valence-electron chi connectivity index (χ2n) is 12.3. The number of rotatable bonds is 4. The van der Waals surface area contributed by atoms with Crippen LogP contribution in [-0.4, -0.2) is 9.13 Å². The molecular weight excluding hydrogens is 611 g/mol. The van der Waals surface area contributed by atoms with Crippen molar-refractivity contribution in [3.63, 3.8) is 0 Å². The molecule has 0 amide bonds. The van der Waals surface area contributed by atoms with Crippen LogP contribution in [0.25, 0.3) is 82.1 Å². The molecule has 7 aromatic carbocycles. The van der Waals surface area contributed by atoms with E-state index < -0.39 is 0 Å². The highest BCUT2D eigenvalue weighted by Crippen LogP contribution is 2.40. The first-order valence-electron chi connectivity index (χ1n) is 16.3. The highest BCUT2D eigenvalue weighted by Gasteiger charge is 2.18. The van der Waals surface area contributed by atoms with Gasteiger partial charge >= 0.3 is 0 Å². The molecule has 0 fully saturated rings. The minimum absolute atomic E-state index is 0.590. The molecule has 5 heteroatoms. The van der Waals surface area contributed by atoms with E-state index in [-0.39, 0.29) is 0 Å². The van der Waals surface area contributed by atoms with Crippen molar-refractivity contribution in [3.05, 3.63) is 174 Å². The van der Waals surface area contributed by atoms with Gasteiger partial charge in [0, 0.05) is 33.0 Å². The zero-order valence-corrected chi connectivity index (χ0v) is 26.7. The molecular formula is C45H25N5. The largest absolute Gasteiger partial charge is 0.319 e. The molecule has 5 nitrogen and oxygen atoms in total. The van der Waals surface area contributed by atoms with Gasteiger partial charge in [0.1, 0.15) is 0 Å². The van der Waals surface area contributed by atoms with Crippen LogP contribution in [0.4, 0.5) is 5.69 Å². The summed E-state index contributed by atoms with van der Waals surface area (Å²) < 4.78 is 4.42. The van der Waals surface area contributed by atoms with Gasteiger partial charge in [-0.1, -0.05) is 91.0 Å². The third-order valence-electron chi connectivity index (χ3n) is 9.63. The summed E-state index contributed by atoms with van der Waals surface area (Å²) in [6, 6.07) is 55.5. The quantitative estimate of drug-likeness (QED) is 0.181. The van der Waals surface area contributed by atoms with Crippen LogP contribution in [-0.2, 0) is 0 Å². The van der Waals surface area contributed by atoms with E-state index in [0.29, 0.717) is 16.8 Å². The Morgan fingerprint density at radius 1 is 0.500 bits per heavy atom. The first-order chi connectivity index (χ1) is 24.7. The molecule has 0 atom stereocenters. The van der Waals surface area contributed by atoms with E-state index >= 15 is 0 Å². The molecule has 0 aliphatic carbocycles. The molecule has 0 spiro atoms. The molecule has 0 aliphatic rings. The molecule has 9 rings (SSSR count). The van der Waals surface area contributed by atoms with E-state index in [1.165, 1.54) is 0 Å². The lowest BCUT2D eigenvalue weighted by atomic mass is 9.94. The molecule has 0 radical (unpaired) electrons. The van der Waals surface area contributed by atoms with E-state index in [1.807, 2.05) is 78.9 Å². The molecule has 0 unspecified atom stereocenters. The SMILES string of the molecule is [C-]#[N+]c1cccc2c3ccccc3n(-c3ccc(-c4cc(-c5ccccc5-n5c6ccccc6c6cc(C#N)ccc65)ccc4C#N)cc3)c12. The second kappa shape index (κ2) is 11.4. The fourth-order valence-corrected chi connectivity index (χ4v) is 7.41. The molecule has 50 heavy (non-hydrogen) atoms. The Morgan fingerprint density at radius 3 is 1.92 bits per heavy atom. The van der Waals surface area contributed by atoms with E-state index in [0.717, 1.165) is 77.2 Å². The number of aromatic nitrogens is 2. The van der Waals surface area contributed by atoms with E-state index in [1.54, 1.807) is 0 Å².